The minimum Gasteiger partial charge on any atom is -0.467 e. The zero-order chi connectivity index (χ0) is 82.9. The van der Waals surface area contributed by atoms with Crippen LogP contribution in [-0.4, -0.2) is 135 Å². The van der Waals surface area contributed by atoms with Gasteiger partial charge in [-0.25, -0.2) is 24.9 Å². The van der Waals surface area contributed by atoms with Gasteiger partial charge in [0.2, 0.25) is 22.1 Å². The van der Waals surface area contributed by atoms with Crippen molar-refractivity contribution >= 4 is 128 Å². The molecule has 30 nitrogen and oxygen atoms in total. The Morgan fingerprint density at radius 3 is 1.11 bits per heavy atom. The predicted octanol–water partition coefficient (Wildman–Crippen LogP) is 13.6. The molecule has 0 radical (unpaired) electrons. The van der Waals surface area contributed by atoms with E-state index in [1.165, 1.54) is 57.7 Å². The molecule has 4 atom stereocenters. The van der Waals surface area contributed by atoms with Crippen LogP contribution in [0.25, 0.3) is 79.2 Å². The molecular weight excluding hydrogens is 1560 g/mol. The summed E-state index contributed by atoms with van der Waals surface area (Å²) in [5.41, 5.74) is 7.25. The minimum absolute atomic E-state index is 0.0358. The first-order chi connectivity index (χ1) is 54.1. The fourth-order valence-electron chi connectivity index (χ4n) is 11.8. The van der Waals surface area contributed by atoms with E-state index in [1.54, 1.807) is 120 Å². The third kappa shape index (κ3) is 22.6. The van der Waals surface area contributed by atoms with E-state index < -0.39 is 44.1 Å². The monoisotopic (exact) mass is 1650 g/mol. The lowest BCUT2D eigenvalue weighted by molar-refractivity contribution is 0.0871. The molecule has 2 aliphatic heterocycles. The van der Waals surface area contributed by atoms with Crippen LogP contribution in [0.3, 0.4) is 0 Å². The number of rotatable bonds is 21. The van der Waals surface area contributed by atoms with Gasteiger partial charge in [-0.1, -0.05) is 110 Å². The first kappa shape index (κ1) is 87.7. The van der Waals surface area contributed by atoms with Crippen LogP contribution in [-0.2, 0) is 80.9 Å². The molecule has 0 fully saturated rings. The van der Waals surface area contributed by atoms with Crippen LogP contribution in [0.15, 0.2) is 222 Å². The average molecular weight is 1650 g/mol. The maximum atomic E-state index is 12.9. The second-order valence-electron chi connectivity index (χ2n) is 26.1. The summed E-state index contributed by atoms with van der Waals surface area (Å²) in [7, 11) is -8.25. The van der Waals surface area contributed by atoms with Gasteiger partial charge in [-0.05, 0) is 113 Å². The summed E-state index contributed by atoms with van der Waals surface area (Å²) in [6.45, 7) is 15.6. The fourth-order valence-corrected chi connectivity index (χ4v) is 16.6. The molecule has 5 aromatic heterocycles. The van der Waals surface area contributed by atoms with Gasteiger partial charge in [0.15, 0.2) is 18.4 Å². The van der Waals surface area contributed by atoms with Crippen molar-refractivity contribution < 1.29 is 60.3 Å². The highest BCUT2D eigenvalue weighted by atomic mass is 31.2. The molecule has 4 unspecified atom stereocenters. The maximum absolute atomic E-state index is 12.9. The van der Waals surface area contributed by atoms with Gasteiger partial charge in [-0.3, -0.25) is 51.3 Å². The Morgan fingerprint density at radius 1 is 0.430 bits per heavy atom. The number of hydrogen-bond acceptors (Lipinski definition) is 22. The van der Waals surface area contributed by atoms with Crippen LogP contribution >= 0.6 is 37.3 Å². The lowest BCUT2D eigenvalue weighted by Crippen LogP contribution is -2.36. The van der Waals surface area contributed by atoms with Gasteiger partial charge in [-0.15, -0.1) is 0 Å². The van der Waals surface area contributed by atoms with Crippen molar-refractivity contribution in [1.29, 1.82) is 0 Å². The smallest absolute Gasteiger partial charge is 0.357 e. The molecule has 0 saturated heterocycles. The number of para-hydroxylation sites is 10. The molecule has 7 heterocycles. The summed E-state index contributed by atoms with van der Waals surface area (Å²) in [6.07, 6.45) is 8.52. The van der Waals surface area contributed by atoms with Gasteiger partial charge in [0.1, 0.15) is 22.8 Å². The Morgan fingerprint density at radius 2 is 0.763 bits per heavy atom. The largest absolute Gasteiger partial charge is 0.467 e. The van der Waals surface area contributed by atoms with Gasteiger partial charge in [0.05, 0.1) is 75.0 Å². The van der Waals surface area contributed by atoms with Crippen LogP contribution in [0.5, 0.6) is 0 Å². The molecule has 0 amide bonds. The molecule has 600 valence electrons. The molecule has 11 aromatic rings. The van der Waals surface area contributed by atoms with E-state index in [1.807, 2.05) is 119 Å². The summed E-state index contributed by atoms with van der Waals surface area (Å²) in [5, 5.41) is 1.25. The van der Waals surface area contributed by atoms with Crippen molar-refractivity contribution in [2.45, 2.75) is 33.6 Å². The minimum atomic E-state index is -4.14. The second kappa shape index (κ2) is 38.7. The summed E-state index contributed by atoms with van der Waals surface area (Å²) in [6, 6.07) is 45.9. The van der Waals surface area contributed by atoms with Gasteiger partial charge in [-0.2, -0.15) is 0 Å². The van der Waals surface area contributed by atoms with Crippen molar-refractivity contribution in [2.75, 3.05) is 82.6 Å². The van der Waals surface area contributed by atoms with E-state index in [-0.39, 0.29) is 44.9 Å². The molecule has 114 heavy (non-hydrogen) atoms. The number of nitrogens with zero attached hydrogens (tertiary/aromatic N) is 12. The number of ether oxygens (including phenoxy) is 1. The number of hydrogen-bond donors (Lipinski definition) is 3. The lowest BCUT2D eigenvalue weighted by atomic mass is 10.2. The predicted molar refractivity (Wildman–Crippen MR) is 452 cm³/mol. The molecule has 13 rings (SSSR count). The SMILES string of the molecule is C=C(OCOP(=O)(O)/C=C/c1nc2ccccc2n(C)c1=O)c1ccccc1.CCOP(=O)(OCC)C1=CCN(c2nc3ccccc3n(C)c2=O)CC1.CCOP(C)(=O)/C=C/c1nc2ccccc2n(C)c1=O.Cn1c(=O)c(/C=C/P(C)(=O)O)nc2ccccc21.Cn1c(=O)c(N2CC=C(P(C)(=O)O)CC2)nc2ccccc21. The van der Waals surface area contributed by atoms with Gasteiger partial charge in [0.25, 0.3) is 27.8 Å². The second-order valence-corrected chi connectivity index (χ2v) is 36.7. The fraction of sp³-hybridized carbons (Fsp3) is 0.266. The van der Waals surface area contributed by atoms with E-state index in [2.05, 4.69) is 31.5 Å². The Labute approximate surface area is 657 Å². The summed E-state index contributed by atoms with van der Waals surface area (Å²) in [4.78, 5) is 116. The number of aromatic nitrogens is 10. The summed E-state index contributed by atoms with van der Waals surface area (Å²) in [5.74, 6) is 4.57. The Balaban J connectivity index is 0.000000165. The topological polar surface area (TPSA) is 373 Å². The van der Waals surface area contributed by atoms with Crippen molar-refractivity contribution in [1.82, 2.24) is 47.8 Å². The van der Waals surface area contributed by atoms with Crippen LogP contribution in [0.1, 0.15) is 56.3 Å². The molecule has 0 spiro atoms. The van der Waals surface area contributed by atoms with E-state index in [0.29, 0.717) is 103 Å². The van der Waals surface area contributed by atoms with E-state index in [0.717, 1.165) is 55.8 Å². The molecular formula is C79H91N12O18P5. The van der Waals surface area contributed by atoms with Crippen LogP contribution < -0.4 is 37.6 Å². The number of fused-ring (bicyclic) bond motifs is 5. The van der Waals surface area contributed by atoms with Crippen molar-refractivity contribution in [3.05, 3.63) is 273 Å². The van der Waals surface area contributed by atoms with Gasteiger partial charge >= 0.3 is 15.2 Å². The molecule has 35 heteroatoms. The molecule has 3 N–H and O–H groups in total. The Hall–Kier alpha value is -10.3. The van der Waals surface area contributed by atoms with Crippen molar-refractivity contribution in [3.63, 3.8) is 0 Å². The Bertz CT molecular complexity index is 6130. The third-order valence-electron chi connectivity index (χ3n) is 17.8. The maximum Gasteiger partial charge on any atom is 0.357 e. The van der Waals surface area contributed by atoms with Crippen LogP contribution in [0.2, 0.25) is 0 Å². The highest BCUT2D eigenvalue weighted by Gasteiger charge is 2.33. The van der Waals surface area contributed by atoms with E-state index in [9.17, 15) is 61.5 Å². The number of aryl methyl sites for hydroxylation is 5. The van der Waals surface area contributed by atoms with E-state index >= 15 is 0 Å². The number of benzene rings is 6. The third-order valence-corrected chi connectivity index (χ3v) is 24.7. The van der Waals surface area contributed by atoms with Gasteiger partial charge in [0, 0.05) is 115 Å². The van der Waals surface area contributed by atoms with Crippen molar-refractivity contribution in [2.24, 2.45) is 35.2 Å². The molecule has 0 bridgehead atoms. The highest BCUT2D eigenvalue weighted by molar-refractivity contribution is 7.62. The van der Waals surface area contributed by atoms with Crippen molar-refractivity contribution in [3.8, 4) is 0 Å². The van der Waals surface area contributed by atoms with Crippen LogP contribution in [0, 0.1) is 0 Å². The standard InChI is InChI=1S/C20H19N2O5P.C18H24N3O4P.C15H18N3O3P.C14H17N2O3P.C12H13N2O3P/c1-15(16-8-4-3-5-9-16)26-14-27-28(24,25)13-12-18-20(23)22(2)19-11-7-6-10-17(19)21-18;1-4-24-26(23,25-5-2)14-10-12-21(13-11-14)17-18(22)20(3)16-9-7-6-8-15(16)19-17;1-17-13-6-4-3-5-12(13)16-14(15(17)19)18-9-7-11(8-10-18)22(2,20)21;1-4-19-20(3,18)10-9-12-14(17)16(2)13-8-6-5-7-11(13)15-12;1-14-11-6-4-3-5-9(11)13-10(12(14)15)7-8-18(2,16)17/h3-13H,1,14H2,2H3,(H,24,25);6-10H,4-5,11-13H2,1-3H3;3-7H,8-10H2,1-2H3,(H,20,21);5-10H,4H2,1-3H3;3-8H,1-2H3,(H,16,17)/b13-12+;;;10-9+;8-7+. The summed E-state index contributed by atoms with van der Waals surface area (Å²) < 4.78 is 93.7. The summed E-state index contributed by atoms with van der Waals surface area (Å²) >= 11 is 0. The average Bonchev–Trinajstić information content (AvgIpc) is 0.790. The first-order valence-corrected chi connectivity index (χ1v) is 45.5. The van der Waals surface area contributed by atoms with Gasteiger partial charge < -0.3 is 65.6 Å². The zero-order valence-electron chi connectivity index (χ0n) is 64.9. The molecule has 0 saturated carbocycles. The molecule has 2 aliphatic rings. The number of anilines is 2. The lowest BCUT2D eigenvalue weighted by Gasteiger charge is -2.29. The Kier molecular flexibility index (Phi) is 29.8. The van der Waals surface area contributed by atoms with E-state index in [4.69, 9.17) is 22.8 Å². The molecule has 6 aromatic carbocycles. The first-order valence-electron chi connectivity index (χ1n) is 35.9. The molecule has 0 aliphatic carbocycles. The zero-order valence-corrected chi connectivity index (χ0v) is 69.4. The van der Waals surface area contributed by atoms with Crippen LogP contribution in [0.4, 0.5) is 11.6 Å². The quantitative estimate of drug-likeness (QED) is 0.0342. The normalized spacial score (nSPS) is 15.3. The highest BCUT2D eigenvalue weighted by Crippen LogP contribution is 2.58.